The molecule has 0 saturated carbocycles. The molecule has 0 aromatic heterocycles. The van der Waals surface area contributed by atoms with Crippen molar-refractivity contribution in [2.24, 2.45) is 11.8 Å². The van der Waals surface area contributed by atoms with Crippen LogP contribution in [-0.2, 0) is 15.0 Å². The van der Waals surface area contributed by atoms with Gasteiger partial charge < -0.3 is 0 Å². The van der Waals surface area contributed by atoms with Gasteiger partial charge in [-0.05, 0) is 17.7 Å². The highest BCUT2D eigenvalue weighted by Crippen LogP contribution is 2.42. The minimum absolute atomic E-state index is 0.277. The number of nitrogens with one attached hydrogen (secondary N) is 1. The SMILES string of the molecule is CC1(c2cccc(F)c2)[C@@H](C#N)C(=O)NC(=O)[C@@H]1C#N. The van der Waals surface area contributed by atoms with Crippen LogP contribution in [0.25, 0.3) is 0 Å². The van der Waals surface area contributed by atoms with Crippen molar-refractivity contribution in [2.75, 3.05) is 0 Å². The first-order chi connectivity index (χ1) is 9.44. The fraction of sp³-hybridized carbons (Fsp3) is 0.286. The van der Waals surface area contributed by atoms with Crippen LogP contribution in [0, 0.1) is 40.3 Å². The Morgan fingerprint density at radius 3 is 2.20 bits per heavy atom. The van der Waals surface area contributed by atoms with E-state index in [9.17, 15) is 24.5 Å². The average molecular weight is 271 g/mol. The van der Waals surface area contributed by atoms with E-state index in [1.54, 1.807) is 0 Å². The van der Waals surface area contributed by atoms with Gasteiger partial charge in [0.05, 0.1) is 12.1 Å². The molecule has 0 radical (unpaired) electrons. The van der Waals surface area contributed by atoms with Crippen LogP contribution in [0.5, 0.6) is 0 Å². The summed E-state index contributed by atoms with van der Waals surface area (Å²) in [7, 11) is 0. The first-order valence-electron chi connectivity index (χ1n) is 5.85. The van der Waals surface area contributed by atoms with Crippen LogP contribution in [0.15, 0.2) is 24.3 Å². The van der Waals surface area contributed by atoms with Crippen LogP contribution in [0.4, 0.5) is 4.39 Å². The highest BCUT2D eigenvalue weighted by molar-refractivity contribution is 6.04. The molecule has 1 aromatic rings. The lowest BCUT2D eigenvalue weighted by atomic mass is 9.62. The topological polar surface area (TPSA) is 93.8 Å². The van der Waals surface area contributed by atoms with Crippen molar-refractivity contribution in [3.63, 3.8) is 0 Å². The van der Waals surface area contributed by atoms with Crippen molar-refractivity contribution < 1.29 is 14.0 Å². The molecule has 1 heterocycles. The first-order valence-corrected chi connectivity index (χ1v) is 5.85. The van der Waals surface area contributed by atoms with Crippen molar-refractivity contribution in [1.82, 2.24) is 5.32 Å². The molecule has 1 saturated heterocycles. The van der Waals surface area contributed by atoms with Gasteiger partial charge in [-0.15, -0.1) is 0 Å². The number of piperidine rings is 1. The van der Waals surface area contributed by atoms with Crippen molar-refractivity contribution >= 4 is 11.8 Å². The average Bonchev–Trinajstić information content (AvgIpc) is 2.39. The van der Waals surface area contributed by atoms with Gasteiger partial charge in [0, 0.05) is 5.41 Å². The molecular weight excluding hydrogens is 261 g/mol. The van der Waals surface area contributed by atoms with Gasteiger partial charge in [0.15, 0.2) is 0 Å². The highest BCUT2D eigenvalue weighted by atomic mass is 19.1. The van der Waals surface area contributed by atoms with Crippen LogP contribution < -0.4 is 5.32 Å². The molecule has 2 atom stereocenters. The molecule has 2 amide bonds. The standard InChI is InChI=1S/C14H10FN3O2/c1-14(8-3-2-4-9(15)5-8)10(6-16)12(19)18-13(20)11(14)7-17/h2-5,10-11H,1H3,(H,18,19,20)/t10-,11-/m0/s1. The third kappa shape index (κ3) is 1.83. The van der Waals surface area contributed by atoms with Crippen molar-refractivity contribution in [1.29, 1.82) is 10.5 Å². The maximum absolute atomic E-state index is 13.4. The Morgan fingerprint density at radius 1 is 1.20 bits per heavy atom. The summed E-state index contributed by atoms with van der Waals surface area (Å²) < 4.78 is 13.4. The smallest absolute Gasteiger partial charge is 0.244 e. The summed E-state index contributed by atoms with van der Waals surface area (Å²) in [5, 5.41) is 20.4. The molecular formula is C14H10FN3O2. The van der Waals surface area contributed by atoms with E-state index < -0.39 is 34.9 Å². The van der Waals surface area contributed by atoms with Crippen LogP contribution in [0.3, 0.4) is 0 Å². The molecule has 0 bridgehead atoms. The van der Waals surface area contributed by atoms with E-state index in [0.29, 0.717) is 0 Å². The quantitative estimate of drug-likeness (QED) is 0.771. The minimum atomic E-state index is -1.38. The van der Waals surface area contributed by atoms with Gasteiger partial charge in [0.2, 0.25) is 11.8 Å². The van der Waals surface area contributed by atoms with Crippen LogP contribution in [0.1, 0.15) is 12.5 Å². The van der Waals surface area contributed by atoms with Gasteiger partial charge in [-0.3, -0.25) is 14.9 Å². The Hall–Kier alpha value is -2.73. The van der Waals surface area contributed by atoms with Crippen molar-refractivity contribution in [3.05, 3.63) is 35.6 Å². The predicted molar refractivity (Wildman–Crippen MR) is 65.1 cm³/mol. The van der Waals surface area contributed by atoms with Crippen LogP contribution in [0.2, 0.25) is 0 Å². The normalized spacial score (nSPS) is 24.4. The van der Waals surface area contributed by atoms with Gasteiger partial charge in [0.1, 0.15) is 17.7 Å². The Balaban J connectivity index is 2.68. The lowest BCUT2D eigenvalue weighted by Crippen LogP contribution is -2.58. The second-order valence-electron chi connectivity index (χ2n) is 4.77. The van der Waals surface area contributed by atoms with Crippen LogP contribution >= 0.6 is 0 Å². The third-order valence-corrected chi connectivity index (χ3v) is 3.67. The summed E-state index contributed by atoms with van der Waals surface area (Å²) in [6.45, 7) is 1.46. The van der Waals surface area contributed by atoms with Crippen LogP contribution in [-0.4, -0.2) is 11.8 Å². The number of imide groups is 1. The van der Waals surface area contributed by atoms with E-state index in [-0.39, 0.29) is 5.56 Å². The number of nitrogens with zero attached hydrogens (tertiary/aromatic N) is 2. The zero-order valence-electron chi connectivity index (χ0n) is 10.6. The fourth-order valence-corrected chi connectivity index (χ4v) is 2.52. The Labute approximate surface area is 114 Å². The summed E-state index contributed by atoms with van der Waals surface area (Å²) in [6, 6.07) is 8.88. The van der Waals surface area contributed by atoms with Gasteiger partial charge in [-0.1, -0.05) is 19.1 Å². The van der Waals surface area contributed by atoms with Gasteiger partial charge >= 0.3 is 0 Å². The molecule has 1 aromatic carbocycles. The number of nitriles is 2. The summed E-state index contributed by atoms with van der Waals surface area (Å²) in [5.74, 6) is -4.58. The van der Waals surface area contributed by atoms with E-state index >= 15 is 0 Å². The number of hydrogen-bond acceptors (Lipinski definition) is 4. The largest absolute Gasteiger partial charge is 0.294 e. The third-order valence-electron chi connectivity index (χ3n) is 3.67. The molecule has 0 spiro atoms. The molecule has 100 valence electrons. The number of amides is 2. The van der Waals surface area contributed by atoms with Gasteiger partial charge in [-0.25, -0.2) is 4.39 Å². The molecule has 5 nitrogen and oxygen atoms in total. The molecule has 0 unspecified atom stereocenters. The Bertz CT molecular complexity index is 640. The lowest BCUT2D eigenvalue weighted by molar-refractivity contribution is -0.140. The summed E-state index contributed by atoms with van der Waals surface area (Å²) in [6.07, 6.45) is 0. The zero-order valence-corrected chi connectivity index (χ0v) is 10.6. The molecule has 6 heteroatoms. The van der Waals surface area contributed by atoms with Crippen molar-refractivity contribution in [3.8, 4) is 12.1 Å². The number of carbonyl (C=O) groups is 2. The second-order valence-corrected chi connectivity index (χ2v) is 4.77. The molecule has 20 heavy (non-hydrogen) atoms. The second kappa shape index (κ2) is 4.75. The monoisotopic (exact) mass is 271 g/mol. The maximum Gasteiger partial charge on any atom is 0.244 e. The summed E-state index contributed by atoms with van der Waals surface area (Å²) in [5.41, 5.74) is -1.11. The number of carbonyl (C=O) groups excluding carboxylic acids is 2. The maximum atomic E-state index is 13.4. The van der Waals surface area contributed by atoms with Crippen molar-refractivity contribution in [2.45, 2.75) is 12.3 Å². The van der Waals surface area contributed by atoms with E-state index in [1.807, 2.05) is 17.5 Å². The summed E-state index contributed by atoms with van der Waals surface area (Å²) >= 11 is 0. The van der Waals surface area contributed by atoms with E-state index in [2.05, 4.69) is 0 Å². The summed E-state index contributed by atoms with van der Waals surface area (Å²) in [4.78, 5) is 23.6. The molecule has 0 aliphatic carbocycles. The number of rotatable bonds is 1. The van der Waals surface area contributed by atoms with E-state index in [0.717, 1.165) is 6.07 Å². The number of halogens is 1. The molecule has 1 aliphatic heterocycles. The zero-order chi connectivity index (χ0) is 14.9. The fourth-order valence-electron chi connectivity index (χ4n) is 2.52. The Kier molecular flexibility index (Phi) is 3.25. The van der Waals surface area contributed by atoms with E-state index in [4.69, 9.17) is 0 Å². The predicted octanol–water partition coefficient (Wildman–Crippen LogP) is 1.02. The molecule has 1 aliphatic rings. The first kappa shape index (κ1) is 13.7. The number of hydrogen-bond donors (Lipinski definition) is 1. The lowest BCUT2D eigenvalue weighted by Gasteiger charge is -2.39. The number of benzene rings is 1. The van der Waals surface area contributed by atoms with Gasteiger partial charge in [0.25, 0.3) is 0 Å². The van der Waals surface area contributed by atoms with E-state index in [1.165, 1.54) is 25.1 Å². The molecule has 1 fully saturated rings. The highest BCUT2D eigenvalue weighted by Gasteiger charge is 2.54. The molecule has 2 rings (SSSR count). The Morgan fingerprint density at radius 2 is 1.75 bits per heavy atom. The van der Waals surface area contributed by atoms with Gasteiger partial charge in [-0.2, -0.15) is 10.5 Å². The minimum Gasteiger partial charge on any atom is -0.294 e. The molecule has 1 N–H and O–H groups in total.